The molecule has 2 nitrogen and oxygen atoms in total. The lowest BCUT2D eigenvalue weighted by Crippen LogP contribution is -2.06. The Kier molecular flexibility index (Phi) is 5.03. The minimum Gasteiger partial charge on any atom is -0.340 e. The maximum absolute atomic E-state index is 4.72. The molecule has 0 radical (unpaired) electrons. The Morgan fingerprint density at radius 3 is 2.64 bits per heavy atom. The highest BCUT2D eigenvalue weighted by Gasteiger charge is 2.14. The minimum atomic E-state index is 1.01. The summed E-state index contributed by atoms with van der Waals surface area (Å²) in [6, 6.07) is 17.6. The van der Waals surface area contributed by atoms with Gasteiger partial charge in [-0.05, 0) is 30.5 Å². The van der Waals surface area contributed by atoms with Gasteiger partial charge >= 0.3 is 0 Å². The second-order valence-electron chi connectivity index (χ2n) is 8.56. The van der Waals surface area contributed by atoms with Crippen molar-refractivity contribution in [1.82, 2.24) is 9.55 Å². The van der Waals surface area contributed by atoms with Crippen LogP contribution >= 0.6 is 0 Å². The molecular weight excluding hydrogens is 340 g/mol. The molecule has 5 rings (SSSR count). The van der Waals surface area contributed by atoms with E-state index in [1.807, 2.05) is 12.3 Å². The summed E-state index contributed by atoms with van der Waals surface area (Å²) in [5.74, 6) is 1.01. The highest BCUT2D eigenvalue weighted by atomic mass is 15.0. The molecule has 2 heterocycles. The Morgan fingerprint density at radius 2 is 1.71 bits per heavy atom. The molecule has 4 aromatic rings. The van der Waals surface area contributed by atoms with Crippen LogP contribution in [-0.4, -0.2) is 9.55 Å². The highest BCUT2D eigenvalue weighted by Crippen LogP contribution is 2.34. The van der Waals surface area contributed by atoms with Crippen molar-refractivity contribution in [2.24, 2.45) is 5.92 Å². The summed E-state index contributed by atoms with van der Waals surface area (Å²) in [5.41, 5.74) is 3.81. The van der Waals surface area contributed by atoms with Gasteiger partial charge in [-0.15, -0.1) is 0 Å². The van der Waals surface area contributed by atoms with Crippen LogP contribution in [0.5, 0.6) is 0 Å². The standard InChI is InChI=1S/C26H30N2/c1-3-10-20(11-4-1)12-5-2-8-19-28-23-15-7-6-14-22(23)25-24(28)17-16-21-13-9-18-27-26(21)25/h6-7,9,13-18,20H,1-5,8,10-12,19H2. The molecule has 28 heavy (non-hydrogen) atoms. The van der Waals surface area contributed by atoms with Gasteiger partial charge in [0.25, 0.3) is 0 Å². The van der Waals surface area contributed by atoms with Crippen LogP contribution in [0, 0.1) is 5.92 Å². The van der Waals surface area contributed by atoms with Gasteiger partial charge < -0.3 is 4.57 Å². The Bertz CT molecular complexity index is 1090. The molecule has 0 amide bonds. The first kappa shape index (κ1) is 17.7. The van der Waals surface area contributed by atoms with Gasteiger partial charge in [0.1, 0.15) is 0 Å². The molecule has 0 spiro atoms. The molecule has 1 aliphatic carbocycles. The second kappa shape index (κ2) is 7.95. The normalized spacial score (nSPS) is 15.7. The zero-order chi connectivity index (χ0) is 18.8. The van der Waals surface area contributed by atoms with E-state index in [4.69, 9.17) is 4.98 Å². The molecule has 2 aromatic heterocycles. The van der Waals surface area contributed by atoms with Crippen molar-refractivity contribution in [2.45, 2.75) is 64.3 Å². The summed E-state index contributed by atoms with van der Waals surface area (Å²) in [6.45, 7) is 1.10. The predicted octanol–water partition coefficient (Wildman–Crippen LogP) is 7.48. The molecule has 1 fully saturated rings. The number of aryl methyl sites for hydroxylation is 1. The molecule has 0 aliphatic heterocycles. The quantitative estimate of drug-likeness (QED) is 0.322. The van der Waals surface area contributed by atoms with E-state index < -0.39 is 0 Å². The van der Waals surface area contributed by atoms with E-state index in [0.717, 1.165) is 18.0 Å². The largest absolute Gasteiger partial charge is 0.340 e. The maximum Gasteiger partial charge on any atom is 0.0802 e. The van der Waals surface area contributed by atoms with Crippen LogP contribution < -0.4 is 0 Å². The number of pyridine rings is 1. The average molecular weight is 371 g/mol. The van der Waals surface area contributed by atoms with Crippen molar-refractivity contribution >= 4 is 32.7 Å². The van der Waals surface area contributed by atoms with Crippen molar-refractivity contribution in [3.8, 4) is 0 Å². The highest BCUT2D eigenvalue weighted by molar-refractivity contribution is 6.19. The second-order valence-corrected chi connectivity index (χ2v) is 8.56. The predicted molar refractivity (Wildman–Crippen MR) is 120 cm³/mol. The number of hydrogen-bond donors (Lipinski definition) is 0. The van der Waals surface area contributed by atoms with Gasteiger partial charge in [0, 0.05) is 34.4 Å². The van der Waals surface area contributed by atoms with Crippen molar-refractivity contribution in [3.63, 3.8) is 0 Å². The fraction of sp³-hybridized carbons (Fsp3) is 0.423. The number of benzene rings is 2. The van der Waals surface area contributed by atoms with Crippen LogP contribution in [-0.2, 0) is 6.54 Å². The summed E-state index contributed by atoms with van der Waals surface area (Å²) in [7, 11) is 0. The lowest BCUT2D eigenvalue weighted by molar-refractivity contribution is 0.327. The van der Waals surface area contributed by atoms with Gasteiger partial charge in [0.15, 0.2) is 0 Å². The van der Waals surface area contributed by atoms with Gasteiger partial charge in [0.05, 0.1) is 11.0 Å². The first-order valence-electron chi connectivity index (χ1n) is 11.2. The number of fused-ring (bicyclic) bond motifs is 5. The fourth-order valence-electron chi connectivity index (χ4n) is 5.27. The van der Waals surface area contributed by atoms with E-state index in [1.54, 1.807) is 0 Å². The van der Waals surface area contributed by atoms with E-state index >= 15 is 0 Å². The maximum atomic E-state index is 4.72. The first-order valence-corrected chi connectivity index (χ1v) is 11.2. The van der Waals surface area contributed by atoms with E-state index in [9.17, 15) is 0 Å². The third-order valence-corrected chi connectivity index (χ3v) is 6.73. The Balaban J connectivity index is 1.38. The average Bonchev–Trinajstić information content (AvgIpc) is 3.08. The monoisotopic (exact) mass is 370 g/mol. The van der Waals surface area contributed by atoms with E-state index in [0.29, 0.717) is 0 Å². The number of aromatic nitrogens is 2. The third-order valence-electron chi connectivity index (χ3n) is 6.73. The van der Waals surface area contributed by atoms with Gasteiger partial charge in [-0.1, -0.05) is 81.7 Å². The van der Waals surface area contributed by atoms with Gasteiger partial charge in [-0.3, -0.25) is 4.98 Å². The molecule has 0 atom stereocenters. The number of rotatable bonds is 6. The lowest BCUT2D eigenvalue weighted by atomic mass is 9.85. The summed E-state index contributed by atoms with van der Waals surface area (Å²) in [5, 5.41) is 3.88. The lowest BCUT2D eigenvalue weighted by Gasteiger charge is -2.21. The van der Waals surface area contributed by atoms with Crippen molar-refractivity contribution in [2.75, 3.05) is 0 Å². The number of nitrogens with zero attached hydrogens (tertiary/aromatic N) is 2. The van der Waals surface area contributed by atoms with Crippen molar-refractivity contribution in [1.29, 1.82) is 0 Å². The third kappa shape index (κ3) is 3.30. The van der Waals surface area contributed by atoms with E-state index in [-0.39, 0.29) is 0 Å². The van der Waals surface area contributed by atoms with E-state index in [2.05, 4.69) is 47.0 Å². The molecule has 1 saturated carbocycles. The van der Waals surface area contributed by atoms with Crippen molar-refractivity contribution in [3.05, 3.63) is 54.7 Å². The summed E-state index contributed by atoms with van der Waals surface area (Å²) >= 11 is 0. The van der Waals surface area contributed by atoms with E-state index in [1.165, 1.54) is 85.0 Å². The topological polar surface area (TPSA) is 17.8 Å². The molecule has 1 aliphatic rings. The summed E-state index contributed by atoms with van der Waals surface area (Å²) < 4.78 is 2.53. The molecule has 144 valence electrons. The Morgan fingerprint density at radius 1 is 0.821 bits per heavy atom. The number of unbranched alkanes of at least 4 members (excludes halogenated alkanes) is 2. The SMILES string of the molecule is c1cnc2c(c1)ccc1c2c2ccccc2n1CCCCCC1CCCCC1. The first-order chi connectivity index (χ1) is 13.9. The summed E-state index contributed by atoms with van der Waals surface area (Å²) in [6.07, 6.45) is 14.7. The van der Waals surface area contributed by atoms with Crippen LogP contribution in [0.25, 0.3) is 32.7 Å². The van der Waals surface area contributed by atoms with Crippen molar-refractivity contribution < 1.29 is 0 Å². The molecule has 0 unspecified atom stereocenters. The molecule has 2 aromatic carbocycles. The molecule has 0 bridgehead atoms. The zero-order valence-corrected chi connectivity index (χ0v) is 16.7. The smallest absolute Gasteiger partial charge is 0.0802 e. The molecular formula is C26H30N2. The molecule has 2 heteroatoms. The van der Waals surface area contributed by atoms with Crippen LogP contribution in [0.15, 0.2) is 54.7 Å². The minimum absolute atomic E-state index is 1.01. The van der Waals surface area contributed by atoms with Crippen LogP contribution in [0.2, 0.25) is 0 Å². The molecule has 0 N–H and O–H groups in total. The summed E-state index contributed by atoms with van der Waals surface area (Å²) in [4.78, 5) is 4.72. The number of para-hydroxylation sites is 1. The number of hydrogen-bond acceptors (Lipinski definition) is 1. The van der Waals surface area contributed by atoms with Gasteiger partial charge in [-0.25, -0.2) is 0 Å². The Hall–Kier alpha value is -2.35. The van der Waals surface area contributed by atoms with Crippen LogP contribution in [0.3, 0.4) is 0 Å². The van der Waals surface area contributed by atoms with Crippen LogP contribution in [0.1, 0.15) is 57.8 Å². The van der Waals surface area contributed by atoms with Crippen LogP contribution in [0.4, 0.5) is 0 Å². The zero-order valence-electron chi connectivity index (χ0n) is 16.7. The molecule has 0 saturated heterocycles. The fourth-order valence-corrected chi connectivity index (χ4v) is 5.27. The Labute approximate surface area is 167 Å². The van der Waals surface area contributed by atoms with Gasteiger partial charge in [0.2, 0.25) is 0 Å². The van der Waals surface area contributed by atoms with Gasteiger partial charge in [-0.2, -0.15) is 0 Å².